The van der Waals surface area contributed by atoms with Crippen LogP contribution in [0, 0.1) is 5.92 Å². The number of H-pyrrole nitrogens is 1. The SMILES string of the molecule is COc1ccc(C(CNC(=O)C(C)CN)c2c[nH]c3ccccc23)cc1. The fourth-order valence-corrected chi connectivity index (χ4v) is 3.11. The zero-order valence-electron chi connectivity index (χ0n) is 15.2. The maximum atomic E-state index is 12.2. The number of benzene rings is 2. The molecule has 136 valence electrons. The Balaban J connectivity index is 1.94. The third-order valence-corrected chi connectivity index (χ3v) is 4.80. The lowest BCUT2D eigenvalue weighted by atomic mass is 9.90. The van der Waals surface area contributed by atoms with Gasteiger partial charge in [0.15, 0.2) is 0 Å². The number of nitrogens with two attached hydrogens (primary N) is 1. The van der Waals surface area contributed by atoms with Gasteiger partial charge >= 0.3 is 0 Å². The van der Waals surface area contributed by atoms with Gasteiger partial charge in [-0.3, -0.25) is 4.79 Å². The monoisotopic (exact) mass is 351 g/mol. The highest BCUT2D eigenvalue weighted by Crippen LogP contribution is 2.31. The van der Waals surface area contributed by atoms with Gasteiger partial charge in [-0.2, -0.15) is 0 Å². The quantitative estimate of drug-likeness (QED) is 0.612. The standard InChI is InChI=1S/C21H25N3O2/c1-14(11-22)21(25)24-12-18(15-7-9-16(26-2)10-8-15)19-13-23-20-6-4-3-5-17(19)20/h3-10,13-14,18,23H,11-12,22H2,1-2H3,(H,24,25). The van der Waals surface area contributed by atoms with E-state index in [4.69, 9.17) is 10.5 Å². The zero-order valence-corrected chi connectivity index (χ0v) is 15.2. The van der Waals surface area contributed by atoms with Crippen molar-refractivity contribution in [1.82, 2.24) is 10.3 Å². The summed E-state index contributed by atoms with van der Waals surface area (Å²) >= 11 is 0. The number of methoxy groups -OCH3 is 1. The molecule has 2 atom stereocenters. The van der Waals surface area contributed by atoms with Gasteiger partial charge in [-0.1, -0.05) is 37.3 Å². The summed E-state index contributed by atoms with van der Waals surface area (Å²) in [6.07, 6.45) is 2.03. The molecule has 5 nitrogen and oxygen atoms in total. The molecule has 0 saturated carbocycles. The lowest BCUT2D eigenvalue weighted by molar-refractivity contribution is -0.124. The van der Waals surface area contributed by atoms with Crippen molar-refractivity contribution in [2.45, 2.75) is 12.8 Å². The van der Waals surface area contributed by atoms with Crippen LogP contribution in [0.3, 0.4) is 0 Å². The predicted molar refractivity (Wildman–Crippen MR) is 104 cm³/mol. The van der Waals surface area contributed by atoms with Crippen LogP contribution >= 0.6 is 0 Å². The first-order valence-electron chi connectivity index (χ1n) is 8.81. The van der Waals surface area contributed by atoms with Crippen LogP contribution in [0.15, 0.2) is 54.7 Å². The second kappa shape index (κ2) is 8.06. The number of para-hydroxylation sites is 1. The molecule has 4 N–H and O–H groups in total. The highest BCUT2D eigenvalue weighted by Gasteiger charge is 2.20. The normalized spacial score (nSPS) is 13.3. The summed E-state index contributed by atoms with van der Waals surface area (Å²) in [5.74, 6) is 0.624. The first-order chi connectivity index (χ1) is 12.6. The van der Waals surface area contributed by atoms with E-state index in [9.17, 15) is 4.79 Å². The average Bonchev–Trinajstić information content (AvgIpc) is 3.12. The maximum Gasteiger partial charge on any atom is 0.224 e. The van der Waals surface area contributed by atoms with E-state index in [0.717, 1.165) is 27.8 Å². The van der Waals surface area contributed by atoms with E-state index in [-0.39, 0.29) is 17.7 Å². The van der Waals surface area contributed by atoms with Crippen molar-refractivity contribution in [1.29, 1.82) is 0 Å². The molecule has 26 heavy (non-hydrogen) atoms. The highest BCUT2D eigenvalue weighted by atomic mass is 16.5. The van der Waals surface area contributed by atoms with Gasteiger partial charge in [0.25, 0.3) is 0 Å². The summed E-state index contributed by atoms with van der Waals surface area (Å²) in [7, 11) is 1.65. The molecule has 0 radical (unpaired) electrons. The predicted octanol–water partition coefficient (Wildman–Crippen LogP) is 3.02. The van der Waals surface area contributed by atoms with Crippen LogP contribution in [0.5, 0.6) is 5.75 Å². The molecule has 5 heteroatoms. The van der Waals surface area contributed by atoms with Gasteiger partial charge in [0.05, 0.1) is 7.11 Å². The van der Waals surface area contributed by atoms with Crippen LogP contribution in [0.2, 0.25) is 0 Å². The molecule has 1 aromatic heterocycles. The number of rotatable bonds is 7. The van der Waals surface area contributed by atoms with Crippen molar-refractivity contribution in [3.05, 3.63) is 65.9 Å². The third-order valence-electron chi connectivity index (χ3n) is 4.80. The van der Waals surface area contributed by atoms with E-state index >= 15 is 0 Å². The molecule has 3 aromatic rings. The Morgan fingerprint density at radius 1 is 1.19 bits per heavy atom. The molecule has 0 aliphatic heterocycles. The second-order valence-corrected chi connectivity index (χ2v) is 6.50. The molecule has 0 fully saturated rings. The molecule has 0 aliphatic rings. The summed E-state index contributed by atoms with van der Waals surface area (Å²) in [5.41, 5.74) is 8.98. The van der Waals surface area contributed by atoms with Crippen LogP contribution < -0.4 is 15.8 Å². The summed E-state index contributed by atoms with van der Waals surface area (Å²) < 4.78 is 5.26. The van der Waals surface area contributed by atoms with Crippen LogP contribution in [-0.4, -0.2) is 31.1 Å². The van der Waals surface area contributed by atoms with E-state index in [2.05, 4.69) is 22.4 Å². The van der Waals surface area contributed by atoms with Crippen LogP contribution in [0.1, 0.15) is 24.0 Å². The molecule has 3 rings (SSSR count). The Bertz CT molecular complexity index is 870. The van der Waals surface area contributed by atoms with Gasteiger partial charge < -0.3 is 20.8 Å². The summed E-state index contributed by atoms with van der Waals surface area (Å²) in [6, 6.07) is 16.2. The van der Waals surface area contributed by atoms with Crippen LogP contribution in [0.4, 0.5) is 0 Å². The minimum atomic E-state index is -0.200. The largest absolute Gasteiger partial charge is 0.497 e. The van der Waals surface area contributed by atoms with Crippen molar-refractivity contribution >= 4 is 16.8 Å². The Labute approximate surface area is 153 Å². The number of hydrogen-bond acceptors (Lipinski definition) is 3. The minimum absolute atomic E-state index is 0.0224. The molecule has 1 heterocycles. The van der Waals surface area contributed by atoms with E-state index in [0.29, 0.717) is 13.1 Å². The van der Waals surface area contributed by atoms with Gasteiger partial charge in [0, 0.05) is 42.0 Å². The molecule has 0 bridgehead atoms. The van der Waals surface area contributed by atoms with Crippen molar-refractivity contribution < 1.29 is 9.53 Å². The van der Waals surface area contributed by atoms with Gasteiger partial charge in [0.2, 0.25) is 5.91 Å². The maximum absolute atomic E-state index is 12.2. The van der Waals surface area contributed by atoms with E-state index in [1.807, 2.05) is 49.5 Å². The fourth-order valence-electron chi connectivity index (χ4n) is 3.11. The lowest BCUT2D eigenvalue weighted by Crippen LogP contribution is -2.36. The number of carbonyl (C=O) groups excluding carboxylic acids is 1. The highest BCUT2D eigenvalue weighted by molar-refractivity contribution is 5.84. The smallest absolute Gasteiger partial charge is 0.224 e. The molecular formula is C21H25N3O2. The molecule has 0 aliphatic carbocycles. The number of nitrogens with one attached hydrogen (secondary N) is 2. The summed E-state index contributed by atoms with van der Waals surface area (Å²) in [5, 5.41) is 4.21. The molecule has 1 amide bonds. The van der Waals surface area contributed by atoms with Crippen molar-refractivity contribution in [2.75, 3.05) is 20.2 Å². The molecule has 0 saturated heterocycles. The van der Waals surface area contributed by atoms with E-state index in [1.54, 1.807) is 7.11 Å². The average molecular weight is 351 g/mol. The van der Waals surface area contributed by atoms with Crippen LogP contribution in [0.25, 0.3) is 10.9 Å². The number of carbonyl (C=O) groups is 1. The first-order valence-corrected chi connectivity index (χ1v) is 8.81. The Kier molecular flexibility index (Phi) is 5.58. The van der Waals surface area contributed by atoms with E-state index in [1.165, 1.54) is 0 Å². The van der Waals surface area contributed by atoms with Crippen molar-refractivity contribution in [3.63, 3.8) is 0 Å². The van der Waals surface area contributed by atoms with Gasteiger partial charge in [-0.25, -0.2) is 0 Å². The number of amides is 1. The number of aromatic nitrogens is 1. The van der Waals surface area contributed by atoms with Gasteiger partial charge in [0.1, 0.15) is 5.75 Å². The Hall–Kier alpha value is -2.79. The number of hydrogen-bond donors (Lipinski definition) is 3. The Morgan fingerprint density at radius 3 is 2.62 bits per heavy atom. The number of aromatic amines is 1. The molecular weight excluding hydrogens is 326 g/mol. The minimum Gasteiger partial charge on any atom is -0.497 e. The molecule has 2 unspecified atom stereocenters. The van der Waals surface area contributed by atoms with Gasteiger partial charge in [-0.15, -0.1) is 0 Å². The van der Waals surface area contributed by atoms with Crippen molar-refractivity contribution in [2.24, 2.45) is 11.7 Å². The second-order valence-electron chi connectivity index (χ2n) is 6.50. The Morgan fingerprint density at radius 2 is 1.92 bits per heavy atom. The summed E-state index contributed by atoms with van der Waals surface area (Å²) in [4.78, 5) is 15.5. The lowest BCUT2D eigenvalue weighted by Gasteiger charge is -2.20. The van der Waals surface area contributed by atoms with Gasteiger partial charge in [-0.05, 0) is 29.3 Å². The fraction of sp³-hybridized carbons (Fsp3) is 0.286. The zero-order chi connectivity index (χ0) is 18.5. The number of fused-ring (bicyclic) bond motifs is 1. The topological polar surface area (TPSA) is 80.1 Å². The number of ether oxygens (including phenoxy) is 1. The van der Waals surface area contributed by atoms with E-state index < -0.39 is 0 Å². The third kappa shape index (κ3) is 3.73. The van der Waals surface area contributed by atoms with Crippen molar-refractivity contribution in [3.8, 4) is 5.75 Å². The molecule has 2 aromatic carbocycles. The van der Waals surface area contributed by atoms with Crippen LogP contribution in [-0.2, 0) is 4.79 Å². The molecule has 0 spiro atoms. The first kappa shape index (κ1) is 18.0. The summed E-state index contributed by atoms with van der Waals surface area (Å²) in [6.45, 7) is 2.69.